The van der Waals surface area contributed by atoms with E-state index in [1.807, 2.05) is 0 Å². The van der Waals surface area contributed by atoms with Crippen molar-refractivity contribution in [3.8, 4) is 0 Å². The second-order valence-electron chi connectivity index (χ2n) is 15.1. The summed E-state index contributed by atoms with van der Waals surface area (Å²) in [6, 6.07) is -0.709. The van der Waals surface area contributed by atoms with E-state index in [0.29, 0.717) is 12.8 Å². The van der Waals surface area contributed by atoms with E-state index in [1.165, 1.54) is 135 Å². The van der Waals surface area contributed by atoms with Crippen LogP contribution in [-0.2, 0) is 14.3 Å². The van der Waals surface area contributed by atoms with Crippen LogP contribution in [0, 0.1) is 0 Å². The highest BCUT2D eigenvalue weighted by Crippen LogP contribution is 2.23. The Morgan fingerprint density at radius 3 is 1.42 bits per heavy atom. The van der Waals surface area contributed by atoms with Gasteiger partial charge in [0.25, 0.3) is 0 Å². The Bertz CT molecular complexity index is 756. The summed E-state index contributed by atoms with van der Waals surface area (Å²) in [5.41, 5.74) is 0. The summed E-state index contributed by atoms with van der Waals surface area (Å²) < 4.78 is 11.2. The summed E-state index contributed by atoms with van der Waals surface area (Å²) in [6.07, 6.45) is 26.7. The number of amides is 1. The van der Waals surface area contributed by atoms with Crippen LogP contribution >= 0.6 is 0 Å². The Labute approximate surface area is 306 Å². The predicted molar refractivity (Wildman–Crippen MR) is 203 cm³/mol. The van der Waals surface area contributed by atoms with Crippen molar-refractivity contribution in [1.82, 2.24) is 5.32 Å². The fourth-order valence-corrected chi connectivity index (χ4v) is 6.98. The standard InChI is InChI=1S/C41H81NO8/c1-3-5-7-9-11-13-15-17-19-20-22-24-26-28-30-35(44)34(33-49-41-40(48)39(47)38(46)36(32-43)50-41)42-37(45)31-29-27-25-23-21-18-16-14-12-10-8-6-4-2/h34-36,38-41,43-44,46-48H,3-33H2,1-2H3,(H,42,45). The van der Waals surface area contributed by atoms with Gasteiger partial charge in [-0.05, 0) is 12.8 Å². The van der Waals surface area contributed by atoms with E-state index in [4.69, 9.17) is 9.47 Å². The van der Waals surface area contributed by atoms with Gasteiger partial charge in [-0.25, -0.2) is 0 Å². The molecule has 7 atom stereocenters. The molecule has 1 fully saturated rings. The highest BCUT2D eigenvalue weighted by atomic mass is 16.7. The molecule has 0 spiro atoms. The molecule has 1 aliphatic heterocycles. The molecule has 9 heteroatoms. The zero-order valence-electron chi connectivity index (χ0n) is 32.4. The van der Waals surface area contributed by atoms with E-state index in [0.717, 1.165) is 38.5 Å². The van der Waals surface area contributed by atoms with Crippen LogP contribution in [0.3, 0.4) is 0 Å². The number of nitrogens with one attached hydrogen (secondary N) is 1. The lowest BCUT2D eigenvalue weighted by Crippen LogP contribution is -2.60. The SMILES string of the molecule is CCCCCCCCCCCCCCCCC(O)C(COC1OC(CO)C(O)C(O)C1O)NC(=O)CCCCCCCCCCCCCCC. The molecule has 9 nitrogen and oxygen atoms in total. The maximum atomic E-state index is 12.9. The van der Waals surface area contributed by atoms with Gasteiger partial charge in [-0.2, -0.15) is 0 Å². The third-order valence-electron chi connectivity index (χ3n) is 10.5. The van der Waals surface area contributed by atoms with Crippen LogP contribution in [0.1, 0.15) is 200 Å². The lowest BCUT2D eigenvalue weighted by molar-refractivity contribution is -0.302. The van der Waals surface area contributed by atoms with Crippen LogP contribution in [0.25, 0.3) is 0 Å². The Morgan fingerprint density at radius 2 is 1.00 bits per heavy atom. The number of ether oxygens (including phenoxy) is 2. The number of rotatable bonds is 35. The van der Waals surface area contributed by atoms with Crippen LogP contribution in [0.5, 0.6) is 0 Å². The van der Waals surface area contributed by atoms with Gasteiger partial charge in [0.15, 0.2) is 6.29 Å². The molecule has 6 N–H and O–H groups in total. The molecule has 0 bridgehead atoms. The normalized spacial score (nSPS) is 22.1. The first-order chi connectivity index (χ1) is 24.3. The summed E-state index contributed by atoms with van der Waals surface area (Å²) >= 11 is 0. The average molecular weight is 716 g/mol. The zero-order valence-corrected chi connectivity index (χ0v) is 32.4. The van der Waals surface area contributed by atoms with Crippen molar-refractivity contribution in [2.45, 2.75) is 243 Å². The molecule has 7 unspecified atom stereocenters. The Balaban J connectivity index is 2.37. The zero-order chi connectivity index (χ0) is 36.7. The van der Waals surface area contributed by atoms with Crippen LogP contribution in [0.2, 0.25) is 0 Å². The lowest BCUT2D eigenvalue weighted by Gasteiger charge is -2.40. The van der Waals surface area contributed by atoms with Crippen LogP contribution in [-0.4, -0.2) is 87.5 Å². The molecule has 1 heterocycles. The molecule has 0 aromatic heterocycles. The van der Waals surface area contributed by atoms with E-state index < -0.39 is 49.5 Å². The summed E-state index contributed by atoms with van der Waals surface area (Å²) in [4.78, 5) is 12.9. The number of aliphatic hydroxyl groups excluding tert-OH is 5. The van der Waals surface area contributed by atoms with Crippen molar-refractivity contribution < 1.29 is 39.8 Å². The molecule has 0 aromatic carbocycles. The minimum atomic E-state index is -1.55. The van der Waals surface area contributed by atoms with Crippen molar-refractivity contribution in [2.24, 2.45) is 0 Å². The number of carbonyl (C=O) groups excluding carboxylic acids is 1. The molecule has 1 rings (SSSR count). The monoisotopic (exact) mass is 716 g/mol. The van der Waals surface area contributed by atoms with Crippen molar-refractivity contribution in [2.75, 3.05) is 13.2 Å². The van der Waals surface area contributed by atoms with Gasteiger partial charge in [-0.15, -0.1) is 0 Å². The van der Waals surface area contributed by atoms with Gasteiger partial charge >= 0.3 is 0 Å². The molecule has 298 valence electrons. The largest absolute Gasteiger partial charge is 0.394 e. The van der Waals surface area contributed by atoms with E-state index in [1.54, 1.807) is 0 Å². The smallest absolute Gasteiger partial charge is 0.220 e. The average Bonchev–Trinajstić information content (AvgIpc) is 3.11. The molecule has 50 heavy (non-hydrogen) atoms. The summed E-state index contributed by atoms with van der Waals surface area (Å²) in [5, 5.41) is 54.2. The Morgan fingerprint density at radius 1 is 0.600 bits per heavy atom. The maximum absolute atomic E-state index is 12.9. The van der Waals surface area contributed by atoms with Crippen molar-refractivity contribution in [1.29, 1.82) is 0 Å². The van der Waals surface area contributed by atoms with Gasteiger partial charge in [0.05, 0.1) is 25.4 Å². The van der Waals surface area contributed by atoms with Gasteiger partial charge in [0, 0.05) is 6.42 Å². The Kier molecular flexibility index (Phi) is 31.0. The minimum absolute atomic E-state index is 0.132. The predicted octanol–water partition coefficient (Wildman–Crippen LogP) is 8.00. The number of hydrogen-bond acceptors (Lipinski definition) is 8. The van der Waals surface area contributed by atoms with Crippen LogP contribution < -0.4 is 5.32 Å². The van der Waals surface area contributed by atoms with Gasteiger partial charge in [-0.3, -0.25) is 4.79 Å². The first-order valence-corrected chi connectivity index (χ1v) is 21.2. The summed E-state index contributed by atoms with van der Waals surface area (Å²) in [5.74, 6) is -0.143. The third kappa shape index (κ3) is 23.7. The van der Waals surface area contributed by atoms with E-state index in [2.05, 4.69) is 19.2 Å². The van der Waals surface area contributed by atoms with Crippen molar-refractivity contribution in [3.63, 3.8) is 0 Å². The quantitative estimate of drug-likeness (QED) is 0.0362. The molecule has 1 aliphatic rings. The maximum Gasteiger partial charge on any atom is 0.220 e. The summed E-state index contributed by atoms with van der Waals surface area (Å²) in [7, 11) is 0. The molecular formula is C41H81NO8. The van der Waals surface area contributed by atoms with Crippen LogP contribution in [0.15, 0.2) is 0 Å². The van der Waals surface area contributed by atoms with Gasteiger partial charge < -0.3 is 40.3 Å². The molecule has 0 saturated carbocycles. The number of carbonyl (C=O) groups is 1. The molecule has 1 saturated heterocycles. The number of aliphatic hydroxyl groups is 5. The fraction of sp³-hybridized carbons (Fsp3) is 0.976. The van der Waals surface area contributed by atoms with Gasteiger partial charge in [-0.1, -0.05) is 181 Å². The van der Waals surface area contributed by atoms with E-state index in [9.17, 15) is 30.3 Å². The highest BCUT2D eigenvalue weighted by molar-refractivity contribution is 5.76. The highest BCUT2D eigenvalue weighted by Gasteiger charge is 2.44. The van der Waals surface area contributed by atoms with Gasteiger partial charge in [0.2, 0.25) is 5.91 Å². The molecule has 1 amide bonds. The Hall–Kier alpha value is -0.810. The van der Waals surface area contributed by atoms with E-state index in [-0.39, 0.29) is 12.5 Å². The molecular weight excluding hydrogens is 634 g/mol. The minimum Gasteiger partial charge on any atom is -0.394 e. The summed E-state index contributed by atoms with van der Waals surface area (Å²) in [6.45, 7) is 3.83. The molecule has 0 radical (unpaired) electrons. The number of unbranched alkanes of at least 4 members (excludes halogenated alkanes) is 25. The lowest BCUT2D eigenvalue weighted by atomic mass is 9.99. The van der Waals surface area contributed by atoms with Gasteiger partial charge in [0.1, 0.15) is 24.4 Å². The third-order valence-corrected chi connectivity index (χ3v) is 10.5. The second kappa shape index (κ2) is 32.8. The number of hydrogen-bond donors (Lipinski definition) is 6. The fourth-order valence-electron chi connectivity index (χ4n) is 6.98. The topological polar surface area (TPSA) is 149 Å². The first-order valence-electron chi connectivity index (χ1n) is 21.2. The first kappa shape index (κ1) is 47.2. The van der Waals surface area contributed by atoms with Crippen LogP contribution in [0.4, 0.5) is 0 Å². The molecule has 0 aliphatic carbocycles. The van der Waals surface area contributed by atoms with Crippen molar-refractivity contribution in [3.05, 3.63) is 0 Å². The second-order valence-corrected chi connectivity index (χ2v) is 15.1. The van der Waals surface area contributed by atoms with E-state index >= 15 is 0 Å². The molecule has 0 aromatic rings. The van der Waals surface area contributed by atoms with Crippen molar-refractivity contribution >= 4 is 5.91 Å².